The average Bonchev–Trinajstić information content (AvgIpc) is 2.70. The van der Waals surface area contributed by atoms with E-state index in [0.717, 1.165) is 19.5 Å². The summed E-state index contributed by atoms with van der Waals surface area (Å²) in [5.41, 5.74) is 6.46. The Balaban J connectivity index is 2.35. The van der Waals surface area contributed by atoms with Gasteiger partial charge < -0.3 is 15.4 Å². The summed E-state index contributed by atoms with van der Waals surface area (Å²) in [5, 5.41) is 0. The standard InChI is InChI=1S/C11H18N4O2/c1-14-10(16)5-9(7-17-2)13-11(14)15-4-3-8(12)6-15/h5,8H,3-4,6-7,12H2,1-2H3/t8-/m1/s1. The van der Waals surface area contributed by atoms with Gasteiger partial charge in [-0.05, 0) is 6.42 Å². The predicted octanol–water partition coefficient (Wildman–Crippen LogP) is -0.536. The molecule has 1 aromatic heterocycles. The van der Waals surface area contributed by atoms with Gasteiger partial charge in [-0.15, -0.1) is 0 Å². The zero-order chi connectivity index (χ0) is 12.4. The molecule has 0 aliphatic carbocycles. The van der Waals surface area contributed by atoms with Gasteiger partial charge in [0, 0.05) is 39.4 Å². The van der Waals surface area contributed by atoms with Crippen molar-refractivity contribution in [3.05, 3.63) is 22.1 Å². The SMILES string of the molecule is COCc1cc(=O)n(C)c(N2CC[C@@H](N)C2)n1. The van der Waals surface area contributed by atoms with Crippen LogP contribution in [0.4, 0.5) is 5.95 Å². The lowest BCUT2D eigenvalue weighted by Gasteiger charge is -2.20. The number of ether oxygens (including phenoxy) is 1. The minimum absolute atomic E-state index is 0.0671. The molecule has 6 nitrogen and oxygen atoms in total. The molecule has 0 unspecified atom stereocenters. The Bertz CT molecular complexity index is 457. The number of rotatable bonds is 3. The smallest absolute Gasteiger partial charge is 0.254 e. The first-order valence-corrected chi connectivity index (χ1v) is 5.68. The Morgan fingerprint density at radius 2 is 2.41 bits per heavy atom. The third-order valence-electron chi connectivity index (χ3n) is 2.96. The van der Waals surface area contributed by atoms with E-state index in [2.05, 4.69) is 4.98 Å². The lowest BCUT2D eigenvalue weighted by Crippen LogP contribution is -2.32. The summed E-state index contributed by atoms with van der Waals surface area (Å²) >= 11 is 0. The summed E-state index contributed by atoms with van der Waals surface area (Å²) in [4.78, 5) is 18.3. The molecule has 2 heterocycles. The van der Waals surface area contributed by atoms with Crippen molar-refractivity contribution in [1.29, 1.82) is 0 Å². The zero-order valence-corrected chi connectivity index (χ0v) is 10.2. The molecule has 1 atom stereocenters. The largest absolute Gasteiger partial charge is 0.378 e. The van der Waals surface area contributed by atoms with Gasteiger partial charge in [0.15, 0.2) is 0 Å². The van der Waals surface area contributed by atoms with Crippen molar-refractivity contribution in [2.45, 2.75) is 19.1 Å². The second kappa shape index (κ2) is 4.85. The van der Waals surface area contributed by atoms with E-state index in [1.807, 2.05) is 4.90 Å². The summed E-state index contributed by atoms with van der Waals surface area (Å²) in [6.45, 7) is 1.94. The normalized spacial score (nSPS) is 19.9. The topological polar surface area (TPSA) is 73.4 Å². The highest BCUT2D eigenvalue weighted by molar-refractivity contribution is 5.34. The van der Waals surface area contributed by atoms with Crippen molar-refractivity contribution >= 4 is 5.95 Å². The van der Waals surface area contributed by atoms with Crippen LogP contribution in [0.25, 0.3) is 0 Å². The number of methoxy groups -OCH3 is 1. The summed E-state index contributed by atoms with van der Waals surface area (Å²) in [6, 6.07) is 1.67. The summed E-state index contributed by atoms with van der Waals surface area (Å²) in [7, 11) is 3.32. The van der Waals surface area contributed by atoms with Gasteiger partial charge in [0.05, 0.1) is 12.3 Å². The van der Waals surface area contributed by atoms with Crippen LogP contribution in [0, 0.1) is 0 Å². The van der Waals surface area contributed by atoms with Gasteiger partial charge >= 0.3 is 0 Å². The third-order valence-corrected chi connectivity index (χ3v) is 2.96. The maximum Gasteiger partial charge on any atom is 0.254 e. The Morgan fingerprint density at radius 1 is 1.65 bits per heavy atom. The number of nitrogens with zero attached hydrogens (tertiary/aromatic N) is 3. The monoisotopic (exact) mass is 238 g/mol. The van der Waals surface area contributed by atoms with Crippen molar-refractivity contribution in [3.63, 3.8) is 0 Å². The van der Waals surface area contributed by atoms with Crippen LogP contribution in [-0.4, -0.2) is 35.8 Å². The van der Waals surface area contributed by atoms with Crippen LogP contribution >= 0.6 is 0 Å². The average molecular weight is 238 g/mol. The molecular formula is C11H18N4O2. The quantitative estimate of drug-likeness (QED) is 0.766. The molecule has 1 fully saturated rings. The summed E-state index contributed by atoms with van der Waals surface area (Å²) in [5.74, 6) is 0.678. The van der Waals surface area contributed by atoms with E-state index in [0.29, 0.717) is 18.2 Å². The van der Waals surface area contributed by atoms with Crippen LogP contribution < -0.4 is 16.2 Å². The molecular weight excluding hydrogens is 220 g/mol. The highest BCUT2D eigenvalue weighted by Gasteiger charge is 2.22. The Hall–Kier alpha value is -1.40. The van der Waals surface area contributed by atoms with Crippen LogP contribution in [0.15, 0.2) is 10.9 Å². The molecule has 0 aromatic carbocycles. The van der Waals surface area contributed by atoms with Crippen molar-refractivity contribution in [1.82, 2.24) is 9.55 Å². The molecule has 1 aliphatic rings. The van der Waals surface area contributed by atoms with Crippen LogP contribution in [0.2, 0.25) is 0 Å². The lowest BCUT2D eigenvalue weighted by molar-refractivity contribution is 0.181. The third kappa shape index (κ3) is 2.48. The fraction of sp³-hybridized carbons (Fsp3) is 0.636. The van der Waals surface area contributed by atoms with Crippen molar-refractivity contribution in [3.8, 4) is 0 Å². The molecule has 0 saturated carbocycles. The number of hydrogen-bond donors (Lipinski definition) is 1. The molecule has 1 saturated heterocycles. The molecule has 0 bridgehead atoms. The second-order valence-electron chi connectivity index (χ2n) is 4.37. The molecule has 0 radical (unpaired) electrons. The zero-order valence-electron chi connectivity index (χ0n) is 10.2. The number of anilines is 1. The summed E-state index contributed by atoms with van der Waals surface area (Å²) < 4.78 is 6.56. The molecule has 2 rings (SSSR count). The lowest BCUT2D eigenvalue weighted by atomic mass is 10.3. The maximum absolute atomic E-state index is 11.8. The molecule has 6 heteroatoms. The van der Waals surface area contributed by atoms with Crippen molar-refractivity contribution in [2.75, 3.05) is 25.1 Å². The Kier molecular flexibility index (Phi) is 3.44. The van der Waals surface area contributed by atoms with Crippen LogP contribution in [0.5, 0.6) is 0 Å². The van der Waals surface area contributed by atoms with Crippen molar-refractivity contribution in [2.24, 2.45) is 12.8 Å². The Labute approximate surface area is 100 Å². The molecule has 1 aromatic rings. The maximum atomic E-state index is 11.8. The fourth-order valence-electron chi connectivity index (χ4n) is 2.05. The van der Waals surface area contributed by atoms with E-state index in [4.69, 9.17) is 10.5 Å². The highest BCUT2D eigenvalue weighted by atomic mass is 16.5. The Morgan fingerprint density at radius 3 is 3.00 bits per heavy atom. The molecule has 94 valence electrons. The minimum Gasteiger partial charge on any atom is -0.378 e. The van der Waals surface area contributed by atoms with Crippen LogP contribution in [0.3, 0.4) is 0 Å². The van der Waals surface area contributed by atoms with Crippen LogP contribution in [0.1, 0.15) is 12.1 Å². The fourth-order valence-corrected chi connectivity index (χ4v) is 2.05. The molecule has 0 spiro atoms. The van der Waals surface area contributed by atoms with E-state index in [-0.39, 0.29) is 11.6 Å². The van der Waals surface area contributed by atoms with Gasteiger partial charge in [-0.25, -0.2) is 4.98 Å². The summed E-state index contributed by atoms with van der Waals surface area (Å²) in [6.07, 6.45) is 0.935. The highest BCUT2D eigenvalue weighted by Crippen LogP contribution is 2.15. The van der Waals surface area contributed by atoms with E-state index in [1.165, 1.54) is 6.07 Å². The number of hydrogen-bond acceptors (Lipinski definition) is 5. The van der Waals surface area contributed by atoms with E-state index in [9.17, 15) is 4.79 Å². The van der Waals surface area contributed by atoms with E-state index >= 15 is 0 Å². The van der Waals surface area contributed by atoms with Gasteiger partial charge in [0.2, 0.25) is 5.95 Å². The van der Waals surface area contributed by atoms with Crippen LogP contribution in [-0.2, 0) is 18.4 Å². The first kappa shape index (κ1) is 12.1. The van der Waals surface area contributed by atoms with Gasteiger partial charge in [-0.2, -0.15) is 0 Å². The van der Waals surface area contributed by atoms with Crippen molar-refractivity contribution < 1.29 is 4.74 Å². The van der Waals surface area contributed by atoms with Gasteiger partial charge in [0.1, 0.15) is 0 Å². The first-order valence-electron chi connectivity index (χ1n) is 5.68. The molecule has 17 heavy (non-hydrogen) atoms. The van der Waals surface area contributed by atoms with E-state index in [1.54, 1.807) is 18.7 Å². The predicted molar refractivity (Wildman–Crippen MR) is 65.0 cm³/mol. The van der Waals surface area contributed by atoms with E-state index < -0.39 is 0 Å². The first-order chi connectivity index (χ1) is 8.11. The van der Waals surface area contributed by atoms with Gasteiger partial charge in [-0.3, -0.25) is 9.36 Å². The second-order valence-corrected chi connectivity index (χ2v) is 4.37. The van der Waals surface area contributed by atoms with Gasteiger partial charge in [-0.1, -0.05) is 0 Å². The molecule has 0 amide bonds. The molecule has 2 N–H and O–H groups in total. The molecule has 1 aliphatic heterocycles. The number of nitrogens with two attached hydrogens (primary N) is 1. The number of aromatic nitrogens is 2. The minimum atomic E-state index is -0.0671. The van der Waals surface area contributed by atoms with Gasteiger partial charge in [0.25, 0.3) is 5.56 Å².